The van der Waals surface area contributed by atoms with Crippen LogP contribution in [0.2, 0.25) is 0 Å². The fourth-order valence-corrected chi connectivity index (χ4v) is 2.00. The summed E-state index contributed by atoms with van der Waals surface area (Å²) in [6.45, 7) is 14.9. The van der Waals surface area contributed by atoms with Crippen LogP contribution in [0, 0.1) is 13.8 Å². The maximum Gasteiger partial charge on any atom is 0.0628 e. The van der Waals surface area contributed by atoms with Crippen LogP contribution in [0.1, 0.15) is 44.6 Å². The van der Waals surface area contributed by atoms with Crippen LogP contribution in [0.25, 0.3) is 0 Å². The number of hydrogen-bond acceptors (Lipinski definition) is 2. The molecule has 0 aliphatic rings. The molecule has 0 amide bonds. The molecule has 0 saturated heterocycles. The average molecular weight is 223 g/mol. The van der Waals surface area contributed by atoms with Gasteiger partial charge in [0.25, 0.3) is 0 Å². The second kappa shape index (κ2) is 5.00. The van der Waals surface area contributed by atoms with Gasteiger partial charge in [0.15, 0.2) is 0 Å². The molecule has 0 saturated carbocycles. The van der Waals surface area contributed by atoms with E-state index in [2.05, 4.69) is 56.6 Å². The van der Waals surface area contributed by atoms with Gasteiger partial charge in [0.2, 0.25) is 0 Å². The predicted molar refractivity (Wildman–Crippen MR) is 68.8 cm³/mol. The normalized spacial score (nSPS) is 12.1. The van der Waals surface area contributed by atoms with Gasteiger partial charge in [0.05, 0.1) is 12.2 Å². The fourth-order valence-electron chi connectivity index (χ4n) is 2.00. The Morgan fingerprint density at radius 3 is 2.31 bits per heavy atom. The Balaban J connectivity index is 2.61. The summed E-state index contributed by atoms with van der Waals surface area (Å²) in [6, 6.07) is 0. The third-order valence-corrected chi connectivity index (χ3v) is 2.86. The lowest BCUT2D eigenvalue weighted by Crippen LogP contribution is -2.38. The summed E-state index contributed by atoms with van der Waals surface area (Å²) in [5.41, 5.74) is 4.08. The SMILES string of the molecule is CCc1c(C)nn(CCNC(C)(C)C)c1C. The lowest BCUT2D eigenvalue weighted by molar-refractivity contribution is 0.403. The van der Waals surface area contributed by atoms with Crippen molar-refractivity contribution >= 4 is 0 Å². The van der Waals surface area contributed by atoms with Gasteiger partial charge in [0, 0.05) is 17.8 Å². The van der Waals surface area contributed by atoms with Crippen molar-refractivity contribution in [2.45, 2.75) is 60.0 Å². The first-order valence-corrected chi connectivity index (χ1v) is 6.13. The summed E-state index contributed by atoms with van der Waals surface area (Å²) in [5.74, 6) is 0. The lowest BCUT2D eigenvalue weighted by Gasteiger charge is -2.20. The van der Waals surface area contributed by atoms with Gasteiger partial charge < -0.3 is 5.32 Å². The standard InChI is InChI=1S/C13H25N3/c1-7-12-10(2)15-16(11(12)3)9-8-14-13(4,5)6/h14H,7-9H2,1-6H3. The van der Waals surface area contributed by atoms with Gasteiger partial charge in [-0.1, -0.05) is 6.92 Å². The first-order chi connectivity index (χ1) is 7.35. The molecule has 92 valence electrons. The molecule has 1 aromatic heterocycles. The van der Waals surface area contributed by atoms with Gasteiger partial charge in [0.1, 0.15) is 0 Å². The highest BCUT2D eigenvalue weighted by molar-refractivity contribution is 5.24. The zero-order chi connectivity index (χ0) is 12.3. The van der Waals surface area contributed by atoms with Crippen LogP contribution in [0.5, 0.6) is 0 Å². The van der Waals surface area contributed by atoms with E-state index in [1.54, 1.807) is 0 Å². The number of nitrogens with one attached hydrogen (secondary N) is 1. The highest BCUT2D eigenvalue weighted by Gasteiger charge is 2.11. The Bertz CT molecular complexity index is 345. The summed E-state index contributed by atoms with van der Waals surface area (Å²) in [5, 5.41) is 8.06. The van der Waals surface area contributed by atoms with E-state index in [4.69, 9.17) is 0 Å². The molecule has 0 spiro atoms. The maximum atomic E-state index is 4.58. The van der Waals surface area contributed by atoms with E-state index in [0.29, 0.717) is 0 Å². The molecule has 1 N–H and O–H groups in total. The number of aromatic nitrogens is 2. The van der Waals surface area contributed by atoms with Crippen molar-refractivity contribution in [3.05, 3.63) is 17.0 Å². The highest BCUT2D eigenvalue weighted by Crippen LogP contribution is 2.13. The predicted octanol–water partition coefficient (Wildman–Crippen LogP) is 2.45. The Morgan fingerprint density at radius 1 is 1.25 bits per heavy atom. The van der Waals surface area contributed by atoms with Crippen molar-refractivity contribution in [1.29, 1.82) is 0 Å². The minimum absolute atomic E-state index is 0.184. The lowest BCUT2D eigenvalue weighted by atomic mass is 10.1. The van der Waals surface area contributed by atoms with Crippen LogP contribution < -0.4 is 5.32 Å². The number of rotatable bonds is 4. The molecule has 0 aliphatic heterocycles. The van der Waals surface area contributed by atoms with Gasteiger partial charge >= 0.3 is 0 Å². The van der Waals surface area contributed by atoms with E-state index >= 15 is 0 Å². The van der Waals surface area contributed by atoms with Crippen molar-refractivity contribution in [1.82, 2.24) is 15.1 Å². The van der Waals surface area contributed by atoms with Gasteiger partial charge in [-0.25, -0.2) is 0 Å². The van der Waals surface area contributed by atoms with E-state index in [-0.39, 0.29) is 5.54 Å². The van der Waals surface area contributed by atoms with Crippen LogP contribution in [0.3, 0.4) is 0 Å². The molecule has 16 heavy (non-hydrogen) atoms. The summed E-state index contributed by atoms with van der Waals surface area (Å²) in [6.07, 6.45) is 1.07. The zero-order valence-corrected chi connectivity index (χ0v) is 11.5. The molecule has 0 fully saturated rings. The number of nitrogens with zero attached hydrogens (tertiary/aromatic N) is 2. The molecule has 0 bridgehead atoms. The molecule has 0 aliphatic carbocycles. The fraction of sp³-hybridized carbons (Fsp3) is 0.769. The third-order valence-electron chi connectivity index (χ3n) is 2.86. The summed E-state index contributed by atoms with van der Waals surface area (Å²) in [4.78, 5) is 0. The minimum Gasteiger partial charge on any atom is -0.310 e. The Labute approximate surface area is 99.2 Å². The van der Waals surface area contributed by atoms with Gasteiger partial charge in [-0.3, -0.25) is 4.68 Å². The van der Waals surface area contributed by atoms with Crippen molar-refractivity contribution in [3.63, 3.8) is 0 Å². The monoisotopic (exact) mass is 223 g/mol. The summed E-state index contributed by atoms with van der Waals surface area (Å²) >= 11 is 0. The molecule has 3 nitrogen and oxygen atoms in total. The van der Waals surface area contributed by atoms with E-state index < -0.39 is 0 Å². The Kier molecular flexibility index (Phi) is 4.14. The van der Waals surface area contributed by atoms with Crippen LogP contribution >= 0.6 is 0 Å². The minimum atomic E-state index is 0.184. The molecule has 1 rings (SSSR count). The number of hydrogen-bond donors (Lipinski definition) is 1. The molecule has 3 heteroatoms. The largest absolute Gasteiger partial charge is 0.310 e. The smallest absolute Gasteiger partial charge is 0.0628 e. The molecule has 0 radical (unpaired) electrons. The Morgan fingerprint density at radius 2 is 1.88 bits per heavy atom. The van der Waals surface area contributed by atoms with Crippen LogP contribution in [-0.2, 0) is 13.0 Å². The van der Waals surface area contributed by atoms with Crippen molar-refractivity contribution < 1.29 is 0 Å². The summed E-state index contributed by atoms with van der Waals surface area (Å²) < 4.78 is 2.12. The molecular weight excluding hydrogens is 198 g/mol. The first-order valence-electron chi connectivity index (χ1n) is 6.13. The van der Waals surface area contributed by atoms with E-state index in [1.807, 2.05) is 0 Å². The third kappa shape index (κ3) is 3.34. The van der Waals surface area contributed by atoms with Crippen molar-refractivity contribution in [3.8, 4) is 0 Å². The topological polar surface area (TPSA) is 29.9 Å². The van der Waals surface area contributed by atoms with Crippen molar-refractivity contribution in [2.24, 2.45) is 0 Å². The van der Waals surface area contributed by atoms with Gasteiger partial charge in [-0.15, -0.1) is 0 Å². The number of aryl methyl sites for hydroxylation is 1. The van der Waals surface area contributed by atoms with E-state index in [9.17, 15) is 0 Å². The summed E-state index contributed by atoms with van der Waals surface area (Å²) in [7, 11) is 0. The molecule has 1 heterocycles. The van der Waals surface area contributed by atoms with E-state index in [0.717, 1.165) is 19.5 Å². The quantitative estimate of drug-likeness (QED) is 0.849. The van der Waals surface area contributed by atoms with Crippen LogP contribution in [0.15, 0.2) is 0 Å². The van der Waals surface area contributed by atoms with Crippen LogP contribution in [0.4, 0.5) is 0 Å². The van der Waals surface area contributed by atoms with Crippen LogP contribution in [-0.4, -0.2) is 21.9 Å². The molecule has 1 aromatic rings. The molecule has 0 unspecified atom stereocenters. The second-order valence-corrected chi connectivity index (χ2v) is 5.40. The molecular formula is C13H25N3. The second-order valence-electron chi connectivity index (χ2n) is 5.40. The maximum absolute atomic E-state index is 4.58. The average Bonchev–Trinajstić information content (AvgIpc) is 2.40. The van der Waals surface area contributed by atoms with Crippen molar-refractivity contribution in [2.75, 3.05) is 6.54 Å². The zero-order valence-electron chi connectivity index (χ0n) is 11.5. The molecule has 0 aromatic carbocycles. The molecule has 0 atom stereocenters. The van der Waals surface area contributed by atoms with E-state index in [1.165, 1.54) is 17.0 Å². The Hall–Kier alpha value is -0.830. The highest BCUT2D eigenvalue weighted by atomic mass is 15.3. The van der Waals surface area contributed by atoms with Gasteiger partial charge in [-0.05, 0) is 46.6 Å². The first kappa shape index (κ1) is 13.2. The van der Waals surface area contributed by atoms with Gasteiger partial charge in [-0.2, -0.15) is 5.10 Å².